The quantitative estimate of drug-likeness (QED) is 0.831. The van der Waals surface area contributed by atoms with Gasteiger partial charge in [-0.1, -0.05) is 26.2 Å². The molecule has 16 heavy (non-hydrogen) atoms. The monoisotopic (exact) mass is 220 g/mol. The first kappa shape index (κ1) is 11.0. The molecule has 1 aliphatic rings. The van der Waals surface area contributed by atoms with E-state index in [2.05, 4.69) is 16.9 Å². The molecule has 1 N–H and O–H groups in total. The van der Waals surface area contributed by atoms with Gasteiger partial charge in [0.1, 0.15) is 5.82 Å². The van der Waals surface area contributed by atoms with Crippen molar-refractivity contribution in [3.05, 3.63) is 23.8 Å². The lowest BCUT2D eigenvalue weighted by molar-refractivity contribution is 0.0689. The van der Waals surface area contributed by atoms with Gasteiger partial charge in [-0.15, -0.1) is 0 Å². The summed E-state index contributed by atoms with van der Waals surface area (Å²) in [6, 6.07) is 1.44. The van der Waals surface area contributed by atoms with E-state index in [1.807, 2.05) is 0 Å². The van der Waals surface area contributed by atoms with Gasteiger partial charge in [-0.2, -0.15) is 0 Å². The van der Waals surface area contributed by atoms with Crippen molar-refractivity contribution in [1.29, 1.82) is 0 Å². The first-order chi connectivity index (χ1) is 7.62. The molecular weight excluding hydrogens is 204 g/mol. The lowest BCUT2D eigenvalue weighted by Crippen LogP contribution is -2.28. The Balaban J connectivity index is 2.31. The van der Waals surface area contributed by atoms with Crippen molar-refractivity contribution in [1.82, 2.24) is 9.97 Å². The molecule has 0 bridgehead atoms. The molecule has 0 spiro atoms. The number of nitrogens with zero attached hydrogens (tertiary/aromatic N) is 2. The van der Waals surface area contributed by atoms with Crippen LogP contribution in [0.5, 0.6) is 0 Å². The minimum Gasteiger partial charge on any atom is -0.477 e. The van der Waals surface area contributed by atoms with E-state index in [4.69, 9.17) is 5.11 Å². The van der Waals surface area contributed by atoms with Crippen LogP contribution in [0.2, 0.25) is 0 Å². The predicted octanol–water partition coefficient (Wildman–Crippen LogP) is 2.40. The largest absolute Gasteiger partial charge is 0.477 e. The van der Waals surface area contributed by atoms with E-state index in [1.165, 1.54) is 25.3 Å². The minimum atomic E-state index is -0.983. The van der Waals surface area contributed by atoms with Crippen molar-refractivity contribution in [2.45, 2.75) is 44.4 Å². The SMILES string of the molecule is CC1(c2nccc(C(=O)O)n2)CCCCC1. The average molecular weight is 220 g/mol. The van der Waals surface area contributed by atoms with Crippen molar-refractivity contribution in [3.8, 4) is 0 Å². The van der Waals surface area contributed by atoms with E-state index in [0.717, 1.165) is 12.8 Å². The van der Waals surface area contributed by atoms with Crippen molar-refractivity contribution in [2.75, 3.05) is 0 Å². The third-order valence-electron chi connectivity index (χ3n) is 3.37. The standard InChI is InChI=1S/C12H16N2O2/c1-12(6-3-2-4-7-12)11-13-8-5-9(14-11)10(15)16/h5,8H,2-4,6-7H2,1H3,(H,15,16). The Labute approximate surface area is 94.7 Å². The molecular formula is C12H16N2O2. The van der Waals surface area contributed by atoms with Crippen LogP contribution in [0, 0.1) is 0 Å². The summed E-state index contributed by atoms with van der Waals surface area (Å²) in [5.41, 5.74) is 0.0563. The fraction of sp³-hybridized carbons (Fsp3) is 0.583. The summed E-state index contributed by atoms with van der Waals surface area (Å²) in [7, 11) is 0. The van der Waals surface area contributed by atoms with E-state index in [-0.39, 0.29) is 11.1 Å². The number of aromatic nitrogens is 2. The van der Waals surface area contributed by atoms with E-state index < -0.39 is 5.97 Å². The van der Waals surface area contributed by atoms with Gasteiger partial charge in [-0.25, -0.2) is 14.8 Å². The lowest BCUT2D eigenvalue weighted by Gasteiger charge is -2.31. The van der Waals surface area contributed by atoms with Crippen molar-refractivity contribution < 1.29 is 9.90 Å². The van der Waals surface area contributed by atoms with Crippen LogP contribution in [0.1, 0.15) is 55.3 Å². The molecule has 1 aromatic heterocycles. The van der Waals surface area contributed by atoms with Gasteiger partial charge in [0.05, 0.1) is 0 Å². The highest BCUT2D eigenvalue weighted by atomic mass is 16.4. The number of carboxylic acid groups (broad SMARTS) is 1. The van der Waals surface area contributed by atoms with Gasteiger partial charge in [0.2, 0.25) is 0 Å². The van der Waals surface area contributed by atoms with Gasteiger partial charge in [0, 0.05) is 11.6 Å². The maximum atomic E-state index is 10.9. The van der Waals surface area contributed by atoms with E-state index in [9.17, 15) is 4.79 Å². The molecule has 4 heteroatoms. The second kappa shape index (κ2) is 4.20. The molecule has 1 aromatic rings. The lowest BCUT2D eigenvalue weighted by atomic mass is 9.75. The zero-order valence-corrected chi connectivity index (χ0v) is 9.44. The topological polar surface area (TPSA) is 63.1 Å². The summed E-state index contributed by atoms with van der Waals surface area (Å²) in [6.45, 7) is 2.13. The van der Waals surface area contributed by atoms with Gasteiger partial charge in [0.25, 0.3) is 0 Å². The van der Waals surface area contributed by atoms with Crippen LogP contribution in [0.3, 0.4) is 0 Å². The molecule has 2 rings (SSSR count). The molecule has 1 fully saturated rings. The average Bonchev–Trinajstić information content (AvgIpc) is 2.30. The zero-order valence-electron chi connectivity index (χ0n) is 9.44. The van der Waals surface area contributed by atoms with Crippen molar-refractivity contribution in [3.63, 3.8) is 0 Å². The first-order valence-electron chi connectivity index (χ1n) is 5.69. The van der Waals surface area contributed by atoms with E-state index in [1.54, 1.807) is 6.20 Å². The zero-order chi connectivity index (χ0) is 11.6. The Morgan fingerprint density at radius 2 is 2.06 bits per heavy atom. The highest BCUT2D eigenvalue weighted by Crippen LogP contribution is 2.36. The molecule has 0 unspecified atom stereocenters. The maximum absolute atomic E-state index is 10.9. The number of carbonyl (C=O) groups is 1. The normalized spacial score (nSPS) is 19.3. The Bertz CT molecular complexity index is 398. The molecule has 1 saturated carbocycles. The Hall–Kier alpha value is -1.45. The summed E-state index contributed by atoms with van der Waals surface area (Å²) >= 11 is 0. The number of hydrogen-bond donors (Lipinski definition) is 1. The highest BCUT2D eigenvalue weighted by Gasteiger charge is 2.31. The van der Waals surface area contributed by atoms with E-state index in [0.29, 0.717) is 5.82 Å². The fourth-order valence-corrected chi connectivity index (χ4v) is 2.32. The maximum Gasteiger partial charge on any atom is 0.354 e. The summed E-state index contributed by atoms with van der Waals surface area (Å²) in [6.07, 6.45) is 7.26. The molecule has 0 atom stereocenters. The third-order valence-corrected chi connectivity index (χ3v) is 3.37. The molecule has 0 aromatic carbocycles. The van der Waals surface area contributed by atoms with Crippen LogP contribution in [0.25, 0.3) is 0 Å². The highest BCUT2D eigenvalue weighted by molar-refractivity contribution is 5.85. The van der Waals surface area contributed by atoms with Crippen LogP contribution in [-0.4, -0.2) is 21.0 Å². The molecule has 0 amide bonds. The van der Waals surface area contributed by atoms with Gasteiger partial charge >= 0.3 is 5.97 Å². The second-order valence-corrected chi connectivity index (χ2v) is 4.69. The van der Waals surface area contributed by atoms with Crippen LogP contribution < -0.4 is 0 Å². The number of hydrogen-bond acceptors (Lipinski definition) is 3. The van der Waals surface area contributed by atoms with E-state index >= 15 is 0 Å². The number of rotatable bonds is 2. The van der Waals surface area contributed by atoms with Crippen molar-refractivity contribution in [2.24, 2.45) is 0 Å². The van der Waals surface area contributed by atoms with Crippen molar-refractivity contribution >= 4 is 5.97 Å². The Kier molecular flexibility index (Phi) is 2.90. The van der Waals surface area contributed by atoms with Crippen LogP contribution in [0.4, 0.5) is 0 Å². The summed E-state index contributed by atoms with van der Waals surface area (Å²) in [4.78, 5) is 19.2. The molecule has 4 nitrogen and oxygen atoms in total. The Morgan fingerprint density at radius 3 is 2.69 bits per heavy atom. The minimum absolute atomic E-state index is 0.0380. The first-order valence-corrected chi connectivity index (χ1v) is 5.69. The van der Waals surface area contributed by atoms with Gasteiger partial charge in [-0.3, -0.25) is 0 Å². The molecule has 86 valence electrons. The molecule has 0 saturated heterocycles. The Morgan fingerprint density at radius 1 is 1.38 bits per heavy atom. The molecule has 0 aliphatic heterocycles. The summed E-state index contributed by atoms with van der Waals surface area (Å²) in [5, 5.41) is 8.90. The predicted molar refractivity (Wildman–Crippen MR) is 59.4 cm³/mol. The molecule has 1 aliphatic carbocycles. The van der Waals surface area contributed by atoms with Gasteiger partial charge in [0.15, 0.2) is 5.69 Å². The fourth-order valence-electron chi connectivity index (χ4n) is 2.32. The van der Waals surface area contributed by atoms with Gasteiger partial charge < -0.3 is 5.11 Å². The van der Waals surface area contributed by atoms with Crippen LogP contribution in [0.15, 0.2) is 12.3 Å². The van der Waals surface area contributed by atoms with Crippen LogP contribution >= 0.6 is 0 Å². The summed E-state index contributed by atoms with van der Waals surface area (Å²) < 4.78 is 0. The van der Waals surface area contributed by atoms with Crippen LogP contribution in [-0.2, 0) is 5.41 Å². The second-order valence-electron chi connectivity index (χ2n) is 4.69. The third kappa shape index (κ3) is 2.05. The number of carboxylic acids is 1. The summed E-state index contributed by atoms with van der Waals surface area (Å²) in [5.74, 6) is -0.296. The molecule has 1 heterocycles. The van der Waals surface area contributed by atoms with Gasteiger partial charge in [-0.05, 0) is 18.9 Å². The smallest absolute Gasteiger partial charge is 0.354 e. The number of aromatic carboxylic acids is 1. The molecule has 0 radical (unpaired) electrons.